The zero-order chi connectivity index (χ0) is 23.4. The Morgan fingerprint density at radius 3 is 2.44 bits per heavy atom. The van der Waals surface area contributed by atoms with Gasteiger partial charge in [-0.1, -0.05) is 38.1 Å². The molecule has 0 saturated heterocycles. The van der Waals surface area contributed by atoms with Crippen molar-refractivity contribution in [2.75, 3.05) is 29.1 Å². The van der Waals surface area contributed by atoms with Crippen molar-refractivity contribution in [1.82, 2.24) is 4.90 Å². The van der Waals surface area contributed by atoms with E-state index in [1.165, 1.54) is 5.56 Å². The molecular formula is C25H32N4O3. The van der Waals surface area contributed by atoms with Crippen LogP contribution in [0.15, 0.2) is 48.5 Å². The Morgan fingerprint density at radius 2 is 1.78 bits per heavy atom. The lowest BCUT2D eigenvalue weighted by molar-refractivity contribution is -0.123. The molecule has 3 amide bonds. The highest BCUT2D eigenvalue weighted by Crippen LogP contribution is 2.31. The summed E-state index contributed by atoms with van der Waals surface area (Å²) >= 11 is 0. The van der Waals surface area contributed by atoms with E-state index in [9.17, 15) is 14.4 Å². The number of rotatable bonds is 6. The van der Waals surface area contributed by atoms with Gasteiger partial charge in [0.25, 0.3) is 0 Å². The van der Waals surface area contributed by atoms with Crippen LogP contribution in [0.2, 0.25) is 0 Å². The average molecular weight is 437 g/mol. The fourth-order valence-electron chi connectivity index (χ4n) is 3.79. The van der Waals surface area contributed by atoms with Gasteiger partial charge in [-0.05, 0) is 56.6 Å². The maximum absolute atomic E-state index is 13.2. The first-order valence-corrected chi connectivity index (χ1v) is 11.0. The van der Waals surface area contributed by atoms with Crippen molar-refractivity contribution in [2.24, 2.45) is 0 Å². The summed E-state index contributed by atoms with van der Waals surface area (Å²) in [6.07, 6.45) is 0.215. The SMILES string of the molecule is CC(C)c1ccc(NC(=O)[C@@H](C)N(C)CC(=O)N2c3ccccc3NC(=O)C[C@@H]2C)cc1. The summed E-state index contributed by atoms with van der Waals surface area (Å²) in [5, 5.41) is 5.78. The molecule has 2 atom stereocenters. The molecule has 0 saturated carbocycles. The topological polar surface area (TPSA) is 81.8 Å². The number of hydrogen-bond donors (Lipinski definition) is 2. The molecule has 7 heteroatoms. The Hall–Kier alpha value is -3.19. The largest absolute Gasteiger partial charge is 0.325 e. The van der Waals surface area contributed by atoms with E-state index in [4.69, 9.17) is 0 Å². The summed E-state index contributed by atoms with van der Waals surface area (Å²) in [5.41, 5.74) is 3.23. The molecule has 2 N–H and O–H groups in total. The lowest BCUT2D eigenvalue weighted by Gasteiger charge is -2.31. The van der Waals surface area contributed by atoms with Gasteiger partial charge in [0.2, 0.25) is 17.7 Å². The van der Waals surface area contributed by atoms with E-state index in [1.54, 1.807) is 29.8 Å². The number of amides is 3. The van der Waals surface area contributed by atoms with E-state index in [2.05, 4.69) is 24.5 Å². The van der Waals surface area contributed by atoms with E-state index < -0.39 is 6.04 Å². The number of fused-ring (bicyclic) bond motifs is 1. The van der Waals surface area contributed by atoms with E-state index in [0.29, 0.717) is 17.3 Å². The van der Waals surface area contributed by atoms with Gasteiger partial charge in [-0.25, -0.2) is 0 Å². The second kappa shape index (κ2) is 9.96. The molecule has 2 aromatic rings. The Labute approximate surface area is 189 Å². The lowest BCUT2D eigenvalue weighted by atomic mass is 10.0. The summed E-state index contributed by atoms with van der Waals surface area (Å²) < 4.78 is 0. The Morgan fingerprint density at radius 1 is 1.12 bits per heavy atom. The van der Waals surface area contributed by atoms with Crippen LogP contribution in [-0.4, -0.2) is 48.3 Å². The molecule has 2 aromatic carbocycles. The van der Waals surface area contributed by atoms with E-state index in [0.717, 1.165) is 5.69 Å². The van der Waals surface area contributed by atoms with Crippen molar-refractivity contribution in [3.63, 3.8) is 0 Å². The van der Waals surface area contributed by atoms with Crippen LogP contribution in [0.3, 0.4) is 0 Å². The first-order chi connectivity index (χ1) is 15.2. The molecule has 170 valence electrons. The molecule has 3 rings (SSSR count). The quantitative estimate of drug-likeness (QED) is 0.721. The van der Waals surface area contributed by atoms with E-state index in [1.807, 2.05) is 49.4 Å². The zero-order valence-electron chi connectivity index (χ0n) is 19.4. The molecule has 1 aliphatic rings. The van der Waals surface area contributed by atoms with Crippen molar-refractivity contribution in [3.05, 3.63) is 54.1 Å². The maximum atomic E-state index is 13.2. The number of hydrogen-bond acceptors (Lipinski definition) is 4. The second-order valence-electron chi connectivity index (χ2n) is 8.74. The van der Waals surface area contributed by atoms with Crippen LogP contribution in [0.4, 0.5) is 17.1 Å². The molecule has 7 nitrogen and oxygen atoms in total. The minimum atomic E-state index is -0.513. The average Bonchev–Trinajstić information content (AvgIpc) is 2.87. The molecule has 32 heavy (non-hydrogen) atoms. The third-order valence-corrected chi connectivity index (χ3v) is 5.90. The van der Waals surface area contributed by atoms with Gasteiger partial charge in [-0.2, -0.15) is 0 Å². The van der Waals surface area contributed by atoms with E-state index in [-0.39, 0.29) is 36.7 Å². The van der Waals surface area contributed by atoms with Crippen LogP contribution in [0.25, 0.3) is 0 Å². The molecule has 0 fully saturated rings. The molecule has 1 heterocycles. The van der Waals surface area contributed by atoms with Crippen LogP contribution < -0.4 is 15.5 Å². The third kappa shape index (κ3) is 5.34. The molecule has 0 radical (unpaired) electrons. The van der Waals surface area contributed by atoms with Crippen molar-refractivity contribution in [1.29, 1.82) is 0 Å². The molecule has 0 spiro atoms. The molecule has 0 aromatic heterocycles. The number of nitrogens with one attached hydrogen (secondary N) is 2. The molecule has 1 aliphatic heterocycles. The Balaban J connectivity index is 1.67. The summed E-state index contributed by atoms with van der Waals surface area (Å²) in [6, 6.07) is 14.3. The number of nitrogens with zero attached hydrogens (tertiary/aromatic N) is 2. The minimum Gasteiger partial charge on any atom is -0.325 e. The highest BCUT2D eigenvalue weighted by Gasteiger charge is 2.31. The van der Waals surface area contributed by atoms with Gasteiger partial charge in [-0.3, -0.25) is 19.3 Å². The van der Waals surface area contributed by atoms with Gasteiger partial charge in [0.1, 0.15) is 0 Å². The number of anilines is 3. The van der Waals surface area contributed by atoms with Gasteiger partial charge < -0.3 is 15.5 Å². The highest BCUT2D eigenvalue weighted by atomic mass is 16.2. The number of carbonyl (C=O) groups excluding carboxylic acids is 3. The second-order valence-corrected chi connectivity index (χ2v) is 8.74. The number of benzene rings is 2. The van der Waals surface area contributed by atoms with Gasteiger partial charge >= 0.3 is 0 Å². The predicted octanol–water partition coefficient (Wildman–Crippen LogP) is 3.83. The third-order valence-electron chi connectivity index (χ3n) is 5.90. The molecule has 0 aliphatic carbocycles. The maximum Gasteiger partial charge on any atom is 0.241 e. The Bertz CT molecular complexity index is 987. The predicted molar refractivity (Wildman–Crippen MR) is 128 cm³/mol. The lowest BCUT2D eigenvalue weighted by Crippen LogP contribution is -2.48. The van der Waals surface area contributed by atoms with Crippen LogP contribution in [0, 0.1) is 0 Å². The van der Waals surface area contributed by atoms with Gasteiger partial charge in [0, 0.05) is 18.2 Å². The van der Waals surface area contributed by atoms with Gasteiger partial charge in [0.15, 0.2) is 0 Å². The van der Waals surface area contributed by atoms with E-state index >= 15 is 0 Å². The Kier molecular flexibility index (Phi) is 7.30. The van der Waals surface area contributed by atoms with Crippen molar-refractivity contribution in [3.8, 4) is 0 Å². The standard InChI is InChI=1S/C25H32N4O3/c1-16(2)19-10-12-20(13-11-19)26-25(32)18(4)28(5)15-24(31)29-17(3)14-23(30)27-21-8-6-7-9-22(21)29/h6-13,16-18H,14-15H2,1-5H3,(H,26,32)(H,27,30)/t17-,18+/m0/s1. The smallest absolute Gasteiger partial charge is 0.241 e. The van der Waals surface area contributed by atoms with Crippen LogP contribution in [0.5, 0.6) is 0 Å². The minimum absolute atomic E-state index is 0.0493. The molecular weight excluding hydrogens is 404 g/mol. The summed E-state index contributed by atoms with van der Waals surface area (Å²) in [4.78, 5) is 41.5. The zero-order valence-corrected chi connectivity index (χ0v) is 19.4. The van der Waals surface area contributed by atoms with Crippen molar-refractivity contribution >= 4 is 34.8 Å². The summed E-state index contributed by atoms with van der Waals surface area (Å²) in [7, 11) is 1.75. The van der Waals surface area contributed by atoms with Crippen LogP contribution in [0.1, 0.15) is 45.6 Å². The summed E-state index contributed by atoms with van der Waals surface area (Å²) in [5.74, 6) is -0.0405. The number of likely N-dealkylation sites (N-methyl/N-ethyl adjacent to an activating group) is 1. The first kappa shape index (κ1) is 23.5. The van der Waals surface area contributed by atoms with Crippen LogP contribution >= 0.6 is 0 Å². The van der Waals surface area contributed by atoms with Crippen LogP contribution in [-0.2, 0) is 14.4 Å². The first-order valence-electron chi connectivity index (χ1n) is 11.0. The summed E-state index contributed by atoms with van der Waals surface area (Å²) in [6.45, 7) is 7.93. The fourth-order valence-corrected chi connectivity index (χ4v) is 3.79. The fraction of sp³-hybridized carbons (Fsp3) is 0.400. The molecule has 0 bridgehead atoms. The normalized spacial score (nSPS) is 16.9. The number of para-hydroxylation sites is 2. The molecule has 0 unspecified atom stereocenters. The highest BCUT2D eigenvalue weighted by molar-refractivity contribution is 6.05. The van der Waals surface area contributed by atoms with Crippen molar-refractivity contribution < 1.29 is 14.4 Å². The monoisotopic (exact) mass is 436 g/mol. The van der Waals surface area contributed by atoms with Gasteiger partial charge in [0.05, 0.1) is 24.0 Å². The van der Waals surface area contributed by atoms with Crippen molar-refractivity contribution in [2.45, 2.75) is 52.1 Å². The van der Waals surface area contributed by atoms with Gasteiger partial charge in [-0.15, -0.1) is 0 Å². The number of carbonyl (C=O) groups is 3.